The molecule has 2 aromatic carbocycles. The molecule has 6 nitrogen and oxygen atoms in total. The van der Waals surface area contributed by atoms with Gasteiger partial charge in [-0.25, -0.2) is 0 Å². The van der Waals surface area contributed by atoms with E-state index in [1.807, 2.05) is 48.5 Å². The third-order valence-corrected chi connectivity index (χ3v) is 4.27. The second kappa shape index (κ2) is 6.84. The summed E-state index contributed by atoms with van der Waals surface area (Å²) in [5, 5.41) is 6.76. The van der Waals surface area contributed by atoms with E-state index in [9.17, 15) is 9.59 Å². The highest BCUT2D eigenvalue weighted by atomic mass is 16.5. The largest absolute Gasteiger partial charge is 0.457 e. The maximum atomic E-state index is 12.5. The number of benzene rings is 2. The lowest BCUT2D eigenvalue weighted by atomic mass is 9.91. The summed E-state index contributed by atoms with van der Waals surface area (Å²) in [6.45, 7) is -0.0288. The van der Waals surface area contributed by atoms with Gasteiger partial charge >= 0.3 is 5.97 Å². The first-order valence-electron chi connectivity index (χ1n) is 8.27. The predicted octanol–water partition coefficient (Wildman–Crippen LogP) is 3.51. The maximum absolute atomic E-state index is 12.5. The molecule has 6 heteroatoms. The van der Waals surface area contributed by atoms with Gasteiger partial charge in [-0.2, -0.15) is 0 Å². The van der Waals surface area contributed by atoms with Crippen LogP contribution >= 0.6 is 0 Å². The number of aromatic nitrogens is 1. The summed E-state index contributed by atoms with van der Waals surface area (Å²) in [5.74, 6) is -0.816. The topological polar surface area (TPSA) is 81.4 Å². The summed E-state index contributed by atoms with van der Waals surface area (Å²) in [6.07, 6.45) is 0.0709. The molecule has 0 aliphatic carbocycles. The van der Waals surface area contributed by atoms with Crippen LogP contribution in [-0.4, -0.2) is 17.0 Å². The first-order chi connectivity index (χ1) is 12.7. The van der Waals surface area contributed by atoms with Crippen molar-refractivity contribution in [1.82, 2.24) is 5.16 Å². The maximum Gasteiger partial charge on any atom is 0.314 e. The van der Waals surface area contributed by atoms with E-state index >= 15 is 0 Å². The highest BCUT2D eigenvalue weighted by Gasteiger charge is 2.31. The monoisotopic (exact) mass is 348 g/mol. The number of nitrogens with one attached hydrogen (secondary N) is 1. The molecule has 0 spiro atoms. The van der Waals surface area contributed by atoms with Gasteiger partial charge in [0, 0.05) is 23.7 Å². The van der Waals surface area contributed by atoms with E-state index in [1.165, 1.54) is 0 Å². The third kappa shape index (κ3) is 3.21. The van der Waals surface area contributed by atoms with Gasteiger partial charge in [-0.1, -0.05) is 53.7 Å². The number of para-hydroxylation sites is 1. The minimum absolute atomic E-state index is 0.0288. The first kappa shape index (κ1) is 16.1. The lowest BCUT2D eigenvalue weighted by Gasteiger charge is -2.23. The van der Waals surface area contributed by atoms with Gasteiger partial charge in [0.15, 0.2) is 12.4 Å². The van der Waals surface area contributed by atoms with Gasteiger partial charge in [0.25, 0.3) is 0 Å². The zero-order valence-electron chi connectivity index (χ0n) is 13.8. The van der Waals surface area contributed by atoms with E-state index in [4.69, 9.17) is 9.26 Å². The summed E-state index contributed by atoms with van der Waals surface area (Å²) in [4.78, 5) is 24.3. The molecule has 1 aliphatic heterocycles. The Kier molecular flexibility index (Phi) is 4.23. The second-order valence-corrected chi connectivity index (χ2v) is 6.04. The molecule has 4 rings (SSSR count). The molecular formula is C20H16N2O4. The Hall–Kier alpha value is -3.41. The van der Waals surface area contributed by atoms with Gasteiger partial charge in [0.1, 0.15) is 5.69 Å². The molecule has 0 radical (unpaired) electrons. The predicted molar refractivity (Wildman–Crippen MR) is 94.2 cm³/mol. The molecule has 0 fully saturated rings. The summed E-state index contributed by atoms with van der Waals surface area (Å²) < 4.78 is 10.6. The van der Waals surface area contributed by atoms with Crippen LogP contribution in [0.3, 0.4) is 0 Å². The summed E-state index contributed by atoms with van der Waals surface area (Å²) in [6, 6.07) is 18.6. The highest BCUT2D eigenvalue weighted by Crippen LogP contribution is 2.33. The molecule has 130 valence electrons. The van der Waals surface area contributed by atoms with Crippen LogP contribution in [0.15, 0.2) is 65.2 Å². The van der Waals surface area contributed by atoms with Gasteiger partial charge < -0.3 is 14.6 Å². The number of hydrogen-bond donors (Lipinski definition) is 1. The minimum atomic E-state index is -0.614. The highest BCUT2D eigenvalue weighted by molar-refractivity contribution is 5.99. The Balaban J connectivity index is 1.45. The number of fused-ring (bicyclic) bond motifs is 1. The number of anilines is 1. The normalized spacial score (nSPS) is 15.8. The smallest absolute Gasteiger partial charge is 0.314 e. The van der Waals surface area contributed by atoms with Crippen LogP contribution < -0.4 is 5.32 Å². The molecule has 0 saturated heterocycles. The van der Waals surface area contributed by atoms with E-state index in [-0.39, 0.29) is 18.9 Å². The Morgan fingerprint density at radius 1 is 1.15 bits per heavy atom. The quantitative estimate of drug-likeness (QED) is 0.730. The van der Waals surface area contributed by atoms with Crippen LogP contribution in [0.1, 0.15) is 23.7 Å². The van der Waals surface area contributed by atoms with Gasteiger partial charge in [-0.3, -0.25) is 9.59 Å². The fourth-order valence-electron chi connectivity index (χ4n) is 2.99. The molecule has 1 N–H and O–H groups in total. The summed E-state index contributed by atoms with van der Waals surface area (Å²) >= 11 is 0. The Labute approximate surface area is 149 Å². The Morgan fingerprint density at radius 3 is 2.77 bits per heavy atom. The van der Waals surface area contributed by atoms with Crippen LogP contribution in [0, 0.1) is 0 Å². The van der Waals surface area contributed by atoms with Crippen molar-refractivity contribution in [3.8, 4) is 11.3 Å². The Bertz CT molecular complexity index is 949. The number of carbonyl (C=O) groups excluding carboxylic acids is 2. The number of rotatable bonds is 4. The van der Waals surface area contributed by atoms with Crippen molar-refractivity contribution >= 4 is 17.6 Å². The SMILES string of the molecule is O=C1CC(C(=O)OCc2cc(-c3ccccc3)no2)c2ccccc2N1. The van der Waals surface area contributed by atoms with E-state index < -0.39 is 11.9 Å². The van der Waals surface area contributed by atoms with Crippen molar-refractivity contribution in [1.29, 1.82) is 0 Å². The van der Waals surface area contributed by atoms with Crippen molar-refractivity contribution < 1.29 is 18.8 Å². The number of ether oxygens (including phenoxy) is 1. The fourth-order valence-corrected chi connectivity index (χ4v) is 2.99. The van der Waals surface area contributed by atoms with E-state index in [0.29, 0.717) is 17.1 Å². The van der Waals surface area contributed by atoms with Crippen molar-refractivity contribution in [2.75, 3.05) is 5.32 Å². The Morgan fingerprint density at radius 2 is 1.92 bits per heavy atom. The van der Waals surface area contributed by atoms with Crippen LogP contribution in [0.2, 0.25) is 0 Å². The molecule has 3 aromatic rings. The molecule has 0 bridgehead atoms. The van der Waals surface area contributed by atoms with Crippen LogP contribution in [0.25, 0.3) is 11.3 Å². The fraction of sp³-hybridized carbons (Fsp3) is 0.150. The number of carbonyl (C=O) groups is 2. The number of hydrogen-bond acceptors (Lipinski definition) is 5. The molecule has 1 amide bonds. The van der Waals surface area contributed by atoms with Crippen LogP contribution in [0.4, 0.5) is 5.69 Å². The van der Waals surface area contributed by atoms with E-state index in [2.05, 4.69) is 10.5 Å². The average molecular weight is 348 g/mol. The third-order valence-electron chi connectivity index (χ3n) is 4.27. The van der Waals surface area contributed by atoms with Gasteiger partial charge in [0.05, 0.1) is 5.92 Å². The molecule has 26 heavy (non-hydrogen) atoms. The lowest BCUT2D eigenvalue weighted by Crippen LogP contribution is -2.28. The molecule has 1 atom stereocenters. The zero-order chi connectivity index (χ0) is 17.9. The van der Waals surface area contributed by atoms with Crippen molar-refractivity contribution in [2.45, 2.75) is 18.9 Å². The average Bonchev–Trinajstić information content (AvgIpc) is 3.15. The molecule has 1 aromatic heterocycles. The molecular weight excluding hydrogens is 332 g/mol. The number of nitrogens with zero attached hydrogens (tertiary/aromatic N) is 1. The zero-order valence-corrected chi connectivity index (χ0v) is 13.8. The minimum Gasteiger partial charge on any atom is -0.457 e. The molecule has 1 unspecified atom stereocenters. The number of amides is 1. The number of esters is 1. The van der Waals surface area contributed by atoms with Crippen molar-refractivity contribution in [3.63, 3.8) is 0 Å². The van der Waals surface area contributed by atoms with E-state index in [1.54, 1.807) is 12.1 Å². The van der Waals surface area contributed by atoms with Gasteiger partial charge in [0.2, 0.25) is 5.91 Å². The van der Waals surface area contributed by atoms with Crippen molar-refractivity contribution in [3.05, 3.63) is 72.0 Å². The van der Waals surface area contributed by atoms with Crippen molar-refractivity contribution in [2.24, 2.45) is 0 Å². The van der Waals surface area contributed by atoms with Crippen LogP contribution in [0.5, 0.6) is 0 Å². The molecule has 1 aliphatic rings. The first-order valence-corrected chi connectivity index (χ1v) is 8.27. The van der Waals surface area contributed by atoms with Gasteiger partial charge in [-0.05, 0) is 11.6 Å². The van der Waals surface area contributed by atoms with Crippen LogP contribution in [-0.2, 0) is 20.9 Å². The summed E-state index contributed by atoms with van der Waals surface area (Å²) in [7, 11) is 0. The van der Waals surface area contributed by atoms with Gasteiger partial charge in [-0.15, -0.1) is 0 Å². The summed E-state index contributed by atoms with van der Waals surface area (Å²) in [5.41, 5.74) is 3.02. The second-order valence-electron chi connectivity index (χ2n) is 6.04. The molecule has 2 heterocycles. The molecule has 0 saturated carbocycles. The standard InChI is InChI=1S/C20H16N2O4/c23-19-11-16(15-8-4-5-9-17(15)21-19)20(24)25-12-14-10-18(22-26-14)13-6-2-1-3-7-13/h1-10,16H,11-12H2,(H,21,23). The van der Waals surface area contributed by atoms with E-state index in [0.717, 1.165) is 11.1 Å². The lowest BCUT2D eigenvalue weighted by molar-refractivity contribution is -0.148.